The Morgan fingerprint density at radius 1 is 1.27 bits per heavy atom. The van der Waals surface area contributed by atoms with Gasteiger partial charge < -0.3 is 0 Å². The minimum Gasteiger partial charge on any atom is -0.294 e. The Kier molecular flexibility index (Phi) is 4.31. The summed E-state index contributed by atoms with van der Waals surface area (Å²) in [5.74, 6) is 0.590. The highest BCUT2D eigenvalue weighted by atomic mass is 32.2. The van der Waals surface area contributed by atoms with Crippen molar-refractivity contribution in [3.8, 4) is 5.69 Å². The monoisotopic (exact) mass is 319 g/mol. The predicted octanol–water partition coefficient (Wildman–Crippen LogP) is 1.88. The third kappa shape index (κ3) is 3.23. The smallest absolute Gasteiger partial charge is 0.151 e. The molecule has 0 amide bonds. The Labute approximate surface area is 131 Å². The van der Waals surface area contributed by atoms with Crippen molar-refractivity contribution in [3.05, 3.63) is 48.3 Å². The van der Waals surface area contributed by atoms with Gasteiger partial charge in [-0.1, -0.05) is 25.1 Å². The minimum atomic E-state index is -2.86. The van der Waals surface area contributed by atoms with Gasteiger partial charge in [0.1, 0.15) is 0 Å². The van der Waals surface area contributed by atoms with Crippen LogP contribution in [-0.4, -0.2) is 47.2 Å². The number of hydrogen-bond donors (Lipinski definition) is 0. The molecule has 1 fully saturated rings. The average Bonchev–Trinajstić information content (AvgIpc) is 3.11. The Morgan fingerprint density at radius 3 is 2.68 bits per heavy atom. The molecule has 5 nitrogen and oxygen atoms in total. The van der Waals surface area contributed by atoms with E-state index in [0.29, 0.717) is 12.3 Å². The second kappa shape index (κ2) is 6.22. The first-order chi connectivity index (χ1) is 10.6. The van der Waals surface area contributed by atoms with E-state index in [1.807, 2.05) is 41.1 Å². The van der Waals surface area contributed by atoms with Crippen molar-refractivity contribution in [2.75, 3.05) is 18.1 Å². The maximum Gasteiger partial charge on any atom is 0.151 e. The summed E-state index contributed by atoms with van der Waals surface area (Å²) < 4.78 is 25.3. The van der Waals surface area contributed by atoms with Gasteiger partial charge in [-0.25, -0.2) is 13.1 Å². The SMILES string of the molecule is CCN(Cc1ccnn1-c1ccccc1)C1CCS(=O)(=O)C1. The molecule has 2 heterocycles. The zero-order valence-corrected chi connectivity index (χ0v) is 13.5. The standard InChI is InChI=1S/C16H21N3O2S/c1-2-18(16-9-11-22(20,21)13-16)12-15-8-10-17-19(15)14-6-4-3-5-7-14/h3-8,10,16H,2,9,11-13H2,1H3. The number of aromatic nitrogens is 2. The summed E-state index contributed by atoms with van der Waals surface area (Å²) in [4.78, 5) is 2.24. The normalized spacial score (nSPS) is 20.5. The fraction of sp³-hybridized carbons (Fsp3) is 0.438. The van der Waals surface area contributed by atoms with Crippen LogP contribution in [0.1, 0.15) is 19.0 Å². The summed E-state index contributed by atoms with van der Waals surface area (Å²) in [6, 6.07) is 12.1. The van der Waals surface area contributed by atoms with Crippen LogP contribution in [-0.2, 0) is 16.4 Å². The van der Waals surface area contributed by atoms with Crippen LogP contribution in [0.25, 0.3) is 5.69 Å². The summed E-state index contributed by atoms with van der Waals surface area (Å²) in [5, 5.41) is 4.40. The largest absolute Gasteiger partial charge is 0.294 e. The third-order valence-corrected chi connectivity index (χ3v) is 5.97. The van der Waals surface area contributed by atoms with Gasteiger partial charge in [-0.05, 0) is 31.2 Å². The van der Waals surface area contributed by atoms with E-state index in [-0.39, 0.29) is 11.8 Å². The molecule has 22 heavy (non-hydrogen) atoms. The van der Waals surface area contributed by atoms with Crippen molar-refractivity contribution in [2.24, 2.45) is 0 Å². The minimum absolute atomic E-state index is 0.120. The maximum atomic E-state index is 11.7. The molecular formula is C16H21N3O2S. The van der Waals surface area contributed by atoms with Gasteiger partial charge in [0.25, 0.3) is 0 Å². The van der Waals surface area contributed by atoms with Crippen LogP contribution >= 0.6 is 0 Å². The van der Waals surface area contributed by atoms with Crippen LogP contribution < -0.4 is 0 Å². The van der Waals surface area contributed by atoms with Crippen molar-refractivity contribution >= 4 is 9.84 Å². The molecule has 0 saturated carbocycles. The van der Waals surface area contributed by atoms with Gasteiger partial charge in [0.05, 0.1) is 22.9 Å². The lowest BCUT2D eigenvalue weighted by Gasteiger charge is -2.26. The molecule has 2 aromatic rings. The van der Waals surface area contributed by atoms with E-state index < -0.39 is 9.84 Å². The second-order valence-electron chi connectivity index (χ2n) is 5.69. The topological polar surface area (TPSA) is 55.2 Å². The first-order valence-corrected chi connectivity index (χ1v) is 9.44. The summed E-state index contributed by atoms with van der Waals surface area (Å²) in [6.07, 6.45) is 2.53. The zero-order chi connectivity index (χ0) is 15.6. The van der Waals surface area contributed by atoms with Gasteiger partial charge in [0.15, 0.2) is 9.84 Å². The van der Waals surface area contributed by atoms with Crippen molar-refractivity contribution < 1.29 is 8.42 Å². The third-order valence-electron chi connectivity index (χ3n) is 4.22. The van der Waals surface area contributed by atoms with E-state index in [0.717, 1.165) is 24.3 Å². The molecule has 0 spiro atoms. The molecular weight excluding hydrogens is 298 g/mol. The second-order valence-corrected chi connectivity index (χ2v) is 7.92. The molecule has 6 heteroatoms. The maximum absolute atomic E-state index is 11.7. The Hall–Kier alpha value is -1.66. The van der Waals surface area contributed by atoms with E-state index >= 15 is 0 Å². The molecule has 118 valence electrons. The summed E-state index contributed by atoms with van der Waals surface area (Å²) in [7, 11) is -2.86. The van der Waals surface area contributed by atoms with Crippen LogP contribution in [0.15, 0.2) is 42.6 Å². The van der Waals surface area contributed by atoms with Crippen molar-refractivity contribution in [3.63, 3.8) is 0 Å². The summed E-state index contributed by atoms with van der Waals surface area (Å²) in [6.45, 7) is 3.62. The van der Waals surface area contributed by atoms with Gasteiger partial charge in [0, 0.05) is 18.8 Å². The van der Waals surface area contributed by atoms with E-state index in [1.54, 1.807) is 6.20 Å². The Bertz CT molecular complexity index is 725. The predicted molar refractivity (Wildman–Crippen MR) is 86.7 cm³/mol. The first-order valence-electron chi connectivity index (χ1n) is 7.62. The quantitative estimate of drug-likeness (QED) is 0.844. The summed E-state index contributed by atoms with van der Waals surface area (Å²) >= 11 is 0. The fourth-order valence-corrected chi connectivity index (χ4v) is 4.78. The first kappa shape index (κ1) is 15.2. The van der Waals surface area contributed by atoms with Crippen LogP contribution in [0.4, 0.5) is 0 Å². The lowest BCUT2D eigenvalue weighted by atomic mass is 10.2. The number of sulfone groups is 1. The fourth-order valence-electron chi connectivity index (χ4n) is 3.02. The van der Waals surface area contributed by atoms with Gasteiger partial charge in [-0.3, -0.25) is 4.90 Å². The average molecular weight is 319 g/mol. The molecule has 0 aliphatic carbocycles. The van der Waals surface area contributed by atoms with Gasteiger partial charge in [-0.2, -0.15) is 5.10 Å². The van der Waals surface area contributed by atoms with Gasteiger partial charge in [0.2, 0.25) is 0 Å². The van der Waals surface area contributed by atoms with E-state index in [1.165, 1.54) is 0 Å². The van der Waals surface area contributed by atoms with E-state index in [9.17, 15) is 8.42 Å². The molecule has 1 atom stereocenters. The summed E-state index contributed by atoms with van der Waals surface area (Å²) in [5.41, 5.74) is 2.11. The van der Waals surface area contributed by atoms with Crippen molar-refractivity contribution in [1.29, 1.82) is 0 Å². The van der Waals surface area contributed by atoms with Crippen LogP contribution in [0.5, 0.6) is 0 Å². The lowest BCUT2D eigenvalue weighted by molar-refractivity contribution is 0.210. The van der Waals surface area contributed by atoms with Crippen LogP contribution in [0.2, 0.25) is 0 Å². The number of para-hydroxylation sites is 1. The van der Waals surface area contributed by atoms with E-state index in [4.69, 9.17) is 0 Å². The number of benzene rings is 1. The molecule has 3 rings (SSSR count). The van der Waals surface area contributed by atoms with Crippen molar-refractivity contribution in [1.82, 2.24) is 14.7 Å². The molecule has 0 N–H and O–H groups in total. The van der Waals surface area contributed by atoms with Crippen LogP contribution in [0.3, 0.4) is 0 Å². The molecule has 0 bridgehead atoms. The van der Waals surface area contributed by atoms with Gasteiger partial charge in [-0.15, -0.1) is 0 Å². The Balaban J connectivity index is 1.80. The van der Waals surface area contributed by atoms with Crippen molar-refractivity contribution in [2.45, 2.75) is 25.9 Å². The number of hydrogen-bond acceptors (Lipinski definition) is 4. The molecule has 1 aliphatic heterocycles. The molecule has 1 saturated heterocycles. The zero-order valence-electron chi connectivity index (χ0n) is 12.7. The number of nitrogens with zero attached hydrogens (tertiary/aromatic N) is 3. The Morgan fingerprint density at radius 2 is 2.05 bits per heavy atom. The van der Waals surface area contributed by atoms with Gasteiger partial charge >= 0.3 is 0 Å². The number of rotatable bonds is 5. The molecule has 1 unspecified atom stereocenters. The highest BCUT2D eigenvalue weighted by Gasteiger charge is 2.31. The molecule has 1 aliphatic rings. The lowest BCUT2D eigenvalue weighted by Crippen LogP contribution is -2.36. The molecule has 1 aromatic carbocycles. The molecule has 1 aromatic heterocycles. The highest BCUT2D eigenvalue weighted by molar-refractivity contribution is 7.91. The molecule has 0 radical (unpaired) electrons. The highest BCUT2D eigenvalue weighted by Crippen LogP contribution is 2.20. The van der Waals surface area contributed by atoms with Crippen LogP contribution in [0, 0.1) is 0 Å². The van der Waals surface area contributed by atoms with E-state index in [2.05, 4.69) is 16.9 Å².